The van der Waals surface area contributed by atoms with Crippen molar-refractivity contribution < 1.29 is 9.90 Å². The summed E-state index contributed by atoms with van der Waals surface area (Å²) in [5.41, 5.74) is 1.85. The molecule has 23 heavy (non-hydrogen) atoms. The molecule has 0 saturated heterocycles. The maximum Gasteiger partial charge on any atom is 0.197 e. The van der Waals surface area contributed by atoms with Gasteiger partial charge in [-0.15, -0.1) is 0 Å². The van der Waals surface area contributed by atoms with E-state index in [0.717, 1.165) is 0 Å². The van der Waals surface area contributed by atoms with Crippen LogP contribution in [0.25, 0.3) is 11.3 Å². The van der Waals surface area contributed by atoms with E-state index < -0.39 is 0 Å². The molecule has 0 aliphatic rings. The molecule has 0 spiro atoms. The number of Topliss-reactive ketones (excluding diaryl/α,β-unsaturated/α-hetero) is 1. The molecular formula is C21H15O2. The van der Waals surface area contributed by atoms with Crippen LogP contribution in [0.15, 0.2) is 91.0 Å². The van der Waals surface area contributed by atoms with Crippen LogP contribution in [-0.2, 0) is 5.11 Å². The van der Waals surface area contributed by atoms with E-state index in [1.165, 1.54) is 0 Å². The van der Waals surface area contributed by atoms with Crippen LogP contribution in [0.3, 0.4) is 0 Å². The summed E-state index contributed by atoms with van der Waals surface area (Å²) in [5, 5.41) is 12.9. The van der Waals surface area contributed by atoms with Crippen LogP contribution in [0.5, 0.6) is 0 Å². The Kier molecular flexibility index (Phi) is 4.34. The minimum absolute atomic E-state index is 0.197. The van der Waals surface area contributed by atoms with Gasteiger partial charge in [0.25, 0.3) is 0 Å². The first-order valence-corrected chi connectivity index (χ1v) is 7.39. The predicted octanol–water partition coefficient (Wildman–Crippen LogP) is 4.87. The lowest BCUT2D eigenvalue weighted by Crippen LogP contribution is -2.05. The summed E-state index contributed by atoms with van der Waals surface area (Å²) in [7, 11) is 0. The second kappa shape index (κ2) is 6.75. The number of benzene rings is 3. The first kappa shape index (κ1) is 14.8. The zero-order valence-electron chi connectivity index (χ0n) is 12.5. The van der Waals surface area contributed by atoms with Gasteiger partial charge < -0.3 is 0 Å². The third kappa shape index (κ3) is 3.22. The third-order valence-electron chi connectivity index (χ3n) is 3.59. The molecule has 2 nitrogen and oxygen atoms in total. The van der Waals surface area contributed by atoms with Crippen molar-refractivity contribution in [1.82, 2.24) is 0 Å². The molecule has 0 amide bonds. The van der Waals surface area contributed by atoms with Gasteiger partial charge in [0.2, 0.25) is 0 Å². The summed E-state index contributed by atoms with van der Waals surface area (Å²) in [5.74, 6) is -0.517. The van der Waals surface area contributed by atoms with Crippen molar-refractivity contribution in [3.05, 3.63) is 108 Å². The summed E-state index contributed by atoms with van der Waals surface area (Å²) in [4.78, 5) is 12.9. The highest BCUT2D eigenvalue weighted by molar-refractivity contribution is 6.33. The number of carbonyl (C=O) groups is 1. The molecule has 0 bridgehead atoms. The van der Waals surface area contributed by atoms with E-state index in [1.54, 1.807) is 60.7 Å². The lowest BCUT2D eigenvalue weighted by atomic mass is 9.93. The van der Waals surface area contributed by atoms with E-state index in [4.69, 9.17) is 0 Å². The van der Waals surface area contributed by atoms with E-state index in [2.05, 4.69) is 0 Å². The molecule has 0 aliphatic heterocycles. The maximum absolute atomic E-state index is 12.9. The third-order valence-corrected chi connectivity index (χ3v) is 3.59. The van der Waals surface area contributed by atoms with Crippen molar-refractivity contribution >= 4 is 17.1 Å². The van der Waals surface area contributed by atoms with Gasteiger partial charge in [-0.05, 0) is 5.56 Å². The molecule has 0 atom stereocenters. The van der Waals surface area contributed by atoms with E-state index in [-0.39, 0.29) is 17.1 Å². The fraction of sp³-hybridized carbons (Fsp3) is 0. The molecule has 0 aromatic heterocycles. The second-order valence-corrected chi connectivity index (χ2v) is 5.13. The molecule has 1 radical (unpaired) electrons. The van der Waals surface area contributed by atoms with Gasteiger partial charge in [0.1, 0.15) is 0 Å². The molecule has 0 unspecified atom stereocenters. The van der Waals surface area contributed by atoms with Crippen LogP contribution in [0, 0.1) is 0 Å². The van der Waals surface area contributed by atoms with Gasteiger partial charge in [0, 0.05) is 11.1 Å². The first-order valence-electron chi connectivity index (χ1n) is 7.39. The fourth-order valence-corrected chi connectivity index (χ4v) is 2.44. The highest BCUT2D eigenvalue weighted by atomic mass is 16.3. The van der Waals surface area contributed by atoms with Crippen LogP contribution < -0.4 is 0 Å². The van der Waals surface area contributed by atoms with E-state index in [0.29, 0.717) is 16.7 Å². The normalized spacial score (nSPS) is 11.7. The lowest BCUT2D eigenvalue weighted by molar-refractivity contribution is 0.105. The number of ketones is 1. The molecule has 111 valence electrons. The summed E-state index contributed by atoms with van der Waals surface area (Å²) in [6, 6.07) is 26.9. The highest BCUT2D eigenvalue weighted by Crippen LogP contribution is 2.28. The van der Waals surface area contributed by atoms with E-state index in [9.17, 15) is 9.90 Å². The van der Waals surface area contributed by atoms with Crippen molar-refractivity contribution in [2.45, 2.75) is 0 Å². The fourth-order valence-electron chi connectivity index (χ4n) is 2.44. The Labute approximate surface area is 135 Å². The Bertz CT molecular complexity index is 819. The average Bonchev–Trinajstić information content (AvgIpc) is 2.64. The van der Waals surface area contributed by atoms with Gasteiger partial charge in [0.15, 0.2) is 11.5 Å². The van der Waals surface area contributed by atoms with Gasteiger partial charge in [-0.2, -0.15) is 0 Å². The minimum atomic E-state index is -0.259. The summed E-state index contributed by atoms with van der Waals surface area (Å²) in [6.45, 7) is 0. The monoisotopic (exact) mass is 299 g/mol. The topological polar surface area (TPSA) is 37.0 Å². The van der Waals surface area contributed by atoms with Gasteiger partial charge in [-0.3, -0.25) is 9.90 Å². The number of rotatable bonds is 4. The van der Waals surface area contributed by atoms with Crippen molar-refractivity contribution in [3.63, 3.8) is 0 Å². The molecule has 0 fully saturated rings. The van der Waals surface area contributed by atoms with Crippen LogP contribution >= 0.6 is 0 Å². The molecule has 3 rings (SSSR count). The molecular weight excluding hydrogens is 284 g/mol. The van der Waals surface area contributed by atoms with E-state index in [1.807, 2.05) is 30.3 Å². The van der Waals surface area contributed by atoms with Crippen molar-refractivity contribution in [3.8, 4) is 0 Å². The largest absolute Gasteiger partial charge is 0.288 e. The number of hydrogen-bond acceptors (Lipinski definition) is 1. The average molecular weight is 299 g/mol. The Hall–Kier alpha value is -3.13. The second-order valence-electron chi connectivity index (χ2n) is 5.13. The Morgan fingerprint density at radius 2 is 0.913 bits per heavy atom. The summed E-state index contributed by atoms with van der Waals surface area (Å²) in [6.07, 6.45) is 0. The van der Waals surface area contributed by atoms with Crippen molar-refractivity contribution in [2.75, 3.05) is 0 Å². The van der Waals surface area contributed by atoms with Crippen molar-refractivity contribution in [2.24, 2.45) is 0 Å². The van der Waals surface area contributed by atoms with Gasteiger partial charge in [-0.1, -0.05) is 91.0 Å². The van der Waals surface area contributed by atoms with E-state index >= 15 is 0 Å². The maximum atomic E-state index is 12.9. The highest BCUT2D eigenvalue weighted by Gasteiger charge is 2.21. The standard InChI is InChI=1S/C21H15O2/c22-20(17-12-6-2-7-13-17)19(16-10-4-1-5-11-16)21(23)18-14-8-3-9-15-18/h1-15H. The van der Waals surface area contributed by atoms with Crippen LogP contribution in [-0.4, -0.2) is 5.78 Å². The molecule has 0 saturated carbocycles. The van der Waals surface area contributed by atoms with Crippen LogP contribution in [0.4, 0.5) is 0 Å². The predicted molar refractivity (Wildman–Crippen MR) is 91.2 cm³/mol. The molecule has 2 heteroatoms. The Balaban J connectivity index is 2.18. The quantitative estimate of drug-likeness (QED) is 0.293. The van der Waals surface area contributed by atoms with Crippen LogP contribution in [0.2, 0.25) is 0 Å². The van der Waals surface area contributed by atoms with Crippen molar-refractivity contribution in [1.29, 1.82) is 0 Å². The molecule has 3 aromatic rings. The zero-order chi connectivity index (χ0) is 16.1. The lowest BCUT2D eigenvalue weighted by Gasteiger charge is -2.09. The van der Waals surface area contributed by atoms with Gasteiger partial charge >= 0.3 is 0 Å². The van der Waals surface area contributed by atoms with Crippen LogP contribution in [0.1, 0.15) is 21.5 Å². The Morgan fingerprint density at radius 3 is 1.39 bits per heavy atom. The minimum Gasteiger partial charge on any atom is -0.288 e. The molecule has 0 heterocycles. The Morgan fingerprint density at radius 1 is 0.522 bits per heavy atom. The summed E-state index contributed by atoms with van der Waals surface area (Å²) >= 11 is 0. The zero-order valence-corrected chi connectivity index (χ0v) is 12.5. The number of hydrogen-bond donors (Lipinski definition) is 0. The van der Waals surface area contributed by atoms with Gasteiger partial charge in [-0.25, -0.2) is 0 Å². The number of carbonyl (C=O) groups excluding carboxylic acids is 1. The van der Waals surface area contributed by atoms with Gasteiger partial charge in [0.05, 0.1) is 5.57 Å². The molecule has 0 aliphatic carbocycles. The smallest absolute Gasteiger partial charge is 0.197 e. The molecule has 0 N–H and O–H groups in total. The molecule has 3 aromatic carbocycles. The SMILES string of the molecule is [O]C(=C(C(=O)c1ccccc1)c1ccccc1)c1ccccc1. The summed E-state index contributed by atoms with van der Waals surface area (Å²) < 4.78 is 0. The number of allylic oxidation sites excluding steroid dienone is 1. The first-order chi connectivity index (χ1) is 11.3.